The molecule has 0 radical (unpaired) electrons. The molecular weight excluding hydrogens is 371 g/mol. The van der Waals surface area contributed by atoms with Crippen LogP contribution in [0.3, 0.4) is 0 Å². The van der Waals surface area contributed by atoms with E-state index in [4.69, 9.17) is 16.4 Å². The average molecular weight is 391 g/mol. The first kappa shape index (κ1) is 18.6. The number of rotatable bonds is 1. The smallest absolute Gasteiger partial charge is 0.382 e. The van der Waals surface area contributed by atoms with E-state index in [0.717, 1.165) is 31.4 Å². The van der Waals surface area contributed by atoms with E-state index in [1.165, 1.54) is 22.3 Å². The van der Waals surface area contributed by atoms with E-state index in [1.807, 2.05) is 0 Å². The zero-order chi connectivity index (χ0) is 19.9. The number of anilines is 2. The van der Waals surface area contributed by atoms with E-state index in [-0.39, 0.29) is 18.0 Å². The summed E-state index contributed by atoms with van der Waals surface area (Å²) >= 11 is 0. The van der Waals surface area contributed by atoms with Gasteiger partial charge in [-0.25, -0.2) is 16.0 Å². The normalized spacial score (nSPS) is 24.5. The Bertz CT molecular complexity index is 884. The Hall–Kier alpha value is -2.78. The maximum atomic E-state index is 12.9. The summed E-state index contributed by atoms with van der Waals surface area (Å²) < 4.78 is 38.8. The fourth-order valence-electron chi connectivity index (χ4n) is 3.63. The molecule has 1 aliphatic heterocycles. The molecule has 2 atom stereocenters. The number of hydrogen-bond acceptors (Lipinski definition) is 6. The number of benzene rings is 2. The molecule has 1 aliphatic carbocycles. The van der Waals surface area contributed by atoms with Crippen LogP contribution < -0.4 is 16.6 Å². The molecule has 2 aliphatic rings. The van der Waals surface area contributed by atoms with Crippen LogP contribution in [0.2, 0.25) is 0 Å². The van der Waals surface area contributed by atoms with Gasteiger partial charge < -0.3 is 5.73 Å². The molecule has 1 saturated carbocycles. The van der Waals surface area contributed by atoms with Crippen molar-refractivity contribution in [2.24, 2.45) is 16.7 Å². The first-order chi connectivity index (χ1) is 13.3. The van der Waals surface area contributed by atoms with Crippen molar-refractivity contribution in [3.05, 3.63) is 59.7 Å². The lowest BCUT2D eigenvalue weighted by atomic mass is 10.1. The first-order valence-electron chi connectivity index (χ1n) is 8.96. The minimum atomic E-state index is -4.40. The summed E-state index contributed by atoms with van der Waals surface area (Å²) in [4.78, 5) is 6.25. The molecular formula is C19H20F3N5O. The van der Waals surface area contributed by atoms with Crippen molar-refractivity contribution in [3.63, 3.8) is 0 Å². The molecule has 28 heavy (non-hydrogen) atoms. The fourth-order valence-corrected chi connectivity index (χ4v) is 3.63. The van der Waals surface area contributed by atoms with Gasteiger partial charge in [0.2, 0.25) is 0 Å². The Kier molecular flexibility index (Phi) is 4.64. The van der Waals surface area contributed by atoms with Crippen LogP contribution in [-0.4, -0.2) is 23.1 Å². The molecule has 4 rings (SSSR count). The number of nitrogens with two attached hydrogens (primary N) is 2. The molecule has 0 amide bonds. The highest BCUT2D eigenvalue weighted by atomic mass is 19.4. The number of amidine groups is 1. The summed E-state index contributed by atoms with van der Waals surface area (Å²) in [5.74, 6) is 6.31. The van der Waals surface area contributed by atoms with Crippen LogP contribution in [0.4, 0.5) is 24.5 Å². The quantitative estimate of drug-likeness (QED) is 0.728. The third-order valence-electron chi connectivity index (χ3n) is 5.05. The van der Waals surface area contributed by atoms with Crippen molar-refractivity contribution in [3.8, 4) is 0 Å². The van der Waals surface area contributed by atoms with E-state index in [1.54, 1.807) is 24.3 Å². The fraction of sp³-hybridized carbons (Fsp3) is 0.316. The van der Waals surface area contributed by atoms with Crippen LogP contribution >= 0.6 is 0 Å². The van der Waals surface area contributed by atoms with Gasteiger partial charge in [-0.15, -0.1) is 5.10 Å². The Labute approximate surface area is 160 Å². The van der Waals surface area contributed by atoms with Crippen molar-refractivity contribution in [2.45, 2.75) is 37.6 Å². The SMILES string of the molecule is N/C1=N\N(N)C2CCCC2ON(c2ccc(C(F)(F)F)cc2)c2ccccc21. The first-order valence-corrected chi connectivity index (χ1v) is 8.96. The molecule has 2 aromatic carbocycles. The molecule has 2 unspecified atom stereocenters. The Morgan fingerprint density at radius 3 is 2.46 bits per heavy atom. The highest BCUT2D eigenvalue weighted by molar-refractivity contribution is 6.03. The van der Waals surface area contributed by atoms with Crippen molar-refractivity contribution < 1.29 is 18.0 Å². The number of alkyl halides is 3. The number of fused-ring (bicyclic) bond motifs is 2. The molecule has 1 fully saturated rings. The van der Waals surface area contributed by atoms with Gasteiger partial charge in [-0.2, -0.15) is 13.2 Å². The van der Waals surface area contributed by atoms with Crippen molar-refractivity contribution in [2.75, 3.05) is 5.06 Å². The summed E-state index contributed by atoms with van der Waals surface area (Å²) in [6, 6.07) is 11.8. The molecule has 148 valence electrons. The second-order valence-corrected chi connectivity index (χ2v) is 6.86. The van der Waals surface area contributed by atoms with Crippen molar-refractivity contribution in [1.82, 2.24) is 5.12 Å². The highest BCUT2D eigenvalue weighted by Gasteiger charge is 2.36. The zero-order valence-corrected chi connectivity index (χ0v) is 14.9. The molecule has 0 aromatic heterocycles. The van der Waals surface area contributed by atoms with Gasteiger partial charge in [-0.1, -0.05) is 12.1 Å². The third kappa shape index (κ3) is 3.38. The molecule has 6 nitrogen and oxygen atoms in total. The van der Waals surface area contributed by atoms with Gasteiger partial charge in [0.05, 0.1) is 23.0 Å². The lowest BCUT2D eigenvalue weighted by Crippen LogP contribution is -2.44. The predicted octanol–water partition coefficient (Wildman–Crippen LogP) is 3.51. The number of halogens is 3. The number of hydrazone groups is 1. The second kappa shape index (κ2) is 6.99. The highest BCUT2D eigenvalue weighted by Crippen LogP contribution is 2.37. The number of hydrazine groups is 1. The Morgan fingerprint density at radius 1 is 1.04 bits per heavy atom. The molecule has 0 bridgehead atoms. The standard InChI is InChI=1S/C19H20F3N5O/c20-19(21,22)12-8-10-13(11-9-12)26-15-5-2-1-4-14(15)18(23)25-27(24)16-6-3-7-17(16)28-26/h1-2,4-5,8-11,16-17H,3,6-7,24H2,(H2,23,25). The van der Waals surface area contributed by atoms with Gasteiger partial charge in [-0.3, -0.25) is 4.84 Å². The lowest BCUT2D eigenvalue weighted by molar-refractivity contribution is -0.137. The molecule has 4 N–H and O–H groups in total. The summed E-state index contributed by atoms with van der Waals surface area (Å²) in [6.45, 7) is 0. The van der Waals surface area contributed by atoms with E-state index in [2.05, 4.69) is 5.10 Å². The third-order valence-corrected chi connectivity index (χ3v) is 5.05. The molecule has 9 heteroatoms. The van der Waals surface area contributed by atoms with E-state index >= 15 is 0 Å². The minimum Gasteiger partial charge on any atom is -0.382 e. The lowest BCUT2D eigenvalue weighted by Gasteiger charge is -2.31. The van der Waals surface area contributed by atoms with Crippen LogP contribution in [0.1, 0.15) is 30.4 Å². The summed E-state index contributed by atoms with van der Waals surface area (Å²) in [5.41, 5.74) is 7.09. The van der Waals surface area contributed by atoms with Gasteiger partial charge in [0.15, 0.2) is 5.84 Å². The summed E-state index contributed by atoms with van der Waals surface area (Å²) in [5, 5.41) is 7.17. The maximum Gasteiger partial charge on any atom is 0.416 e. The van der Waals surface area contributed by atoms with Crippen molar-refractivity contribution in [1.29, 1.82) is 0 Å². The van der Waals surface area contributed by atoms with Crippen LogP contribution in [0.5, 0.6) is 0 Å². The zero-order valence-electron chi connectivity index (χ0n) is 14.9. The van der Waals surface area contributed by atoms with Gasteiger partial charge in [-0.05, 0) is 55.7 Å². The predicted molar refractivity (Wildman–Crippen MR) is 99.3 cm³/mol. The topological polar surface area (TPSA) is 80.1 Å². The van der Waals surface area contributed by atoms with Gasteiger partial charge in [0.25, 0.3) is 0 Å². The van der Waals surface area contributed by atoms with Gasteiger partial charge in [0.1, 0.15) is 6.10 Å². The number of hydrogen-bond donors (Lipinski definition) is 2. The maximum absolute atomic E-state index is 12.9. The molecule has 2 aromatic rings. The van der Waals surface area contributed by atoms with Gasteiger partial charge in [0, 0.05) is 5.56 Å². The molecule has 0 saturated heterocycles. The van der Waals surface area contributed by atoms with Gasteiger partial charge >= 0.3 is 6.18 Å². The Morgan fingerprint density at radius 2 is 1.75 bits per heavy atom. The number of para-hydroxylation sites is 1. The Balaban J connectivity index is 1.81. The molecule has 0 spiro atoms. The molecule has 1 heterocycles. The van der Waals surface area contributed by atoms with E-state index in [9.17, 15) is 13.2 Å². The monoisotopic (exact) mass is 391 g/mol. The average Bonchev–Trinajstić information content (AvgIpc) is 3.14. The van der Waals surface area contributed by atoms with Crippen LogP contribution in [-0.2, 0) is 11.0 Å². The van der Waals surface area contributed by atoms with E-state index < -0.39 is 11.7 Å². The summed E-state index contributed by atoms with van der Waals surface area (Å²) in [6.07, 6.45) is -2.22. The largest absolute Gasteiger partial charge is 0.416 e. The minimum absolute atomic E-state index is 0.176. The summed E-state index contributed by atoms with van der Waals surface area (Å²) in [7, 11) is 0. The number of nitrogens with zero attached hydrogens (tertiary/aromatic N) is 3. The van der Waals surface area contributed by atoms with Crippen LogP contribution in [0.25, 0.3) is 0 Å². The van der Waals surface area contributed by atoms with E-state index in [0.29, 0.717) is 16.9 Å². The van der Waals surface area contributed by atoms with Crippen molar-refractivity contribution >= 4 is 17.2 Å². The second-order valence-electron chi connectivity index (χ2n) is 6.86. The van der Waals surface area contributed by atoms with Crippen LogP contribution in [0, 0.1) is 0 Å². The van der Waals surface area contributed by atoms with Crippen LogP contribution in [0.15, 0.2) is 53.6 Å².